The minimum Gasteiger partial charge on any atom is -0.307 e. The predicted molar refractivity (Wildman–Crippen MR) is 78.0 cm³/mol. The second-order valence-corrected chi connectivity index (χ2v) is 6.25. The fourth-order valence-electron chi connectivity index (χ4n) is 2.26. The molecule has 0 N–H and O–H groups in total. The number of carbonyl (C=O) groups is 1. The molecule has 2 nitrogen and oxygen atoms in total. The second kappa shape index (κ2) is 4.86. The molecule has 0 radical (unpaired) electrons. The Labute approximate surface area is 118 Å². The molecule has 1 aromatic carbocycles. The molecule has 2 aromatic rings. The van der Waals surface area contributed by atoms with Crippen LogP contribution in [0.1, 0.15) is 16.9 Å². The van der Waals surface area contributed by atoms with Gasteiger partial charge in [-0.25, -0.2) is 0 Å². The van der Waals surface area contributed by atoms with Crippen LogP contribution in [-0.2, 0) is 17.8 Å². The van der Waals surface area contributed by atoms with Crippen molar-refractivity contribution in [2.75, 3.05) is 4.90 Å². The number of benzene rings is 1. The van der Waals surface area contributed by atoms with Crippen molar-refractivity contribution in [1.29, 1.82) is 0 Å². The minimum atomic E-state index is 0.221. The van der Waals surface area contributed by atoms with Crippen molar-refractivity contribution in [3.8, 4) is 0 Å². The first-order valence-corrected chi connectivity index (χ1v) is 7.52. The SMILES string of the molecule is O=C1CCc2ccccc2N1Cc1cc(Br)cs1. The lowest BCUT2D eigenvalue weighted by Crippen LogP contribution is -2.34. The number of hydrogen-bond acceptors (Lipinski definition) is 2. The van der Waals surface area contributed by atoms with Crippen LogP contribution in [0.3, 0.4) is 0 Å². The van der Waals surface area contributed by atoms with E-state index in [1.54, 1.807) is 11.3 Å². The zero-order valence-electron chi connectivity index (χ0n) is 9.73. The van der Waals surface area contributed by atoms with Gasteiger partial charge in [0, 0.05) is 26.8 Å². The molecule has 0 saturated heterocycles. The number of hydrogen-bond donors (Lipinski definition) is 0. The summed E-state index contributed by atoms with van der Waals surface area (Å²) in [6, 6.07) is 10.3. The fraction of sp³-hybridized carbons (Fsp3) is 0.214. The van der Waals surface area contributed by atoms with Gasteiger partial charge in [0.2, 0.25) is 5.91 Å². The monoisotopic (exact) mass is 321 g/mol. The third-order valence-electron chi connectivity index (χ3n) is 3.13. The van der Waals surface area contributed by atoms with Crippen LogP contribution in [0.5, 0.6) is 0 Å². The average Bonchev–Trinajstić information content (AvgIpc) is 2.79. The third kappa shape index (κ3) is 2.22. The van der Waals surface area contributed by atoms with Crippen molar-refractivity contribution in [3.05, 3.63) is 50.6 Å². The number of aryl methyl sites for hydroxylation is 1. The van der Waals surface area contributed by atoms with Crippen LogP contribution in [-0.4, -0.2) is 5.91 Å². The fourth-order valence-corrected chi connectivity index (χ4v) is 3.70. The summed E-state index contributed by atoms with van der Waals surface area (Å²) in [5.41, 5.74) is 2.34. The first-order chi connectivity index (χ1) is 8.74. The van der Waals surface area contributed by atoms with E-state index < -0.39 is 0 Å². The molecule has 1 aliphatic rings. The van der Waals surface area contributed by atoms with Gasteiger partial charge in [-0.1, -0.05) is 18.2 Å². The van der Waals surface area contributed by atoms with Gasteiger partial charge in [-0.05, 0) is 40.0 Å². The Bertz CT molecular complexity index is 593. The van der Waals surface area contributed by atoms with Crippen LogP contribution in [0.15, 0.2) is 40.2 Å². The summed E-state index contributed by atoms with van der Waals surface area (Å²) >= 11 is 5.13. The number of thiophene rings is 1. The van der Waals surface area contributed by atoms with Gasteiger partial charge in [-0.15, -0.1) is 11.3 Å². The first-order valence-electron chi connectivity index (χ1n) is 5.85. The molecule has 2 heterocycles. The molecule has 0 bridgehead atoms. The number of fused-ring (bicyclic) bond motifs is 1. The van der Waals surface area contributed by atoms with E-state index in [-0.39, 0.29) is 5.91 Å². The lowest BCUT2D eigenvalue weighted by Gasteiger charge is -2.29. The smallest absolute Gasteiger partial charge is 0.227 e. The number of anilines is 1. The highest BCUT2D eigenvalue weighted by Crippen LogP contribution is 2.30. The van der Waals surface area contributed by atoms with E-state index in [0.29, 0.717) is 13.0 Å². The summed E-state index contributed by atoms with van der Waals surface area (Å²) in [7, 11) is 0. The van der Waals surface area contributed by atoms with Crippen molar-refractivity contribution in [2.45, 2.75) is 19.4 Å². The van der Waals surface area contributed by atoms with Crippen LogP contribution in [0.25, 0.3) is 0 Å². The lowest BCUT2D eigenvalue weighted by atomic mass is 10.0. The van der Waals surface area contributed by atoms with E-state index in [9.17, 15) is 4.79 Å². The summed E-state index contributed by atoms with van der Waals surface area (Å²) in [6.45, 7) is 0.673. The molecule has 1 aromatic heterocycles. The minimum absolute atomic E-state index is 0.221. The molecule has 0 saturated carbocycles. The summed E-state index contributed by atoms with van der Waals surface area (Å²) in [5, 5.41) is 2.05. The van der Waals surface area contributed by atoms with E-state index in [0.717, 1.165) is 16.6 Å². The quantitative estimate of drug-likeness (QED) is 0.819. The normalized spacial score (nSPS) is 14.7. The van der Waals surface area contributed by atoms with Crippen LogP contribution >= 0.6 is 27.3 Å². The molecular weight excluding hydrogens is 310 g/mol. The van der Waals surface area contributed by atoms with Gasteiger partial charge in [-0.2, -0.15) is 0 Å². The predicted octanol–water partition coefficient (Wildman–Crippen LogP) is 3.99. The Morgan fingerprint density at radius 2 is 2.11 bits per heavy atom. The van der Waals surface area contributed by atoms with Gasteiger partial charge in [-0.3, -0.25) is 4.79 Å². The number of carbonyl (C=O) groups excluding carboxylic acids is 1. The summed E-state index contributed by atoms with van der Waals surface area (Å²) in [4.78, 5) is 15.2. The number of halogens is 1. The Morgan fingerprint density at radius 1 is 1.28 bits per heavy atom. The lowest BCUT2D eigenvalue weighted by molar-refractivity contribution is -0.119. The molecule has 18 heavy (non-hydrogen) atoms. The maximum absolute atomic E-state index is 12.1. The Hall–Kier alpha value is -1.13. The van der Waals surface area contributed by atoms with Crippen molar-refractivity contribution in [2.24, 2.45) is 0 Å². The highest BCUT2D eigenvalue weighted by molar-refractivity contribution is 9.10. The van der Waals surface area contributed by atoms with Gasteiger partial charge < -0.3 is 4.90 Å². The number of nitrogens with zero attached hydrogens (tertiary/aromatic N) is 1. The molecule has 1 amide bonds. The van der Waals surface area contributed by atoms with Crippen LogP contribution in [0.2, 0.25) is 0 Å². The summed E-state index contributed by atoms with van der Waals surface area (Å²) in [5.74, 6) is 0.221. The highest BCUT2D eigenvalue weighted by Gasteiger charge is 2.23. The maximum Gasteiger partial charge on any atom is 0.227 e. The van der Waals surface area contributed by atoms with E-state index in [1.165, 1.54) is 10.4 Å². The molecule has 1 aliphatic heterocycles. The molecule has 0 fully saturated rings. The number of rotatable bonds is 2. The van der Waals surface area contributed by atoms with Crippen LogP contribution in [0.4, 0.5) is 5.69 Å². The topological polar surface area (TPSA) is 20.3 Å². The zero-order chi connectivity index (χ0) is 12.5. The molecule has 3 rings (SSSR count). The number of amides is 1. The van der Waals surface area contributed by atoms with Gasteiger partial charge >= 0.3 is 0 Å². The molecule has 4 heteroatoms. The maximum atomic E-state index is 12.1. The second-order valence-electron chi connectivity index (χ2n) is 4.34. The van der Waals surface area contributed by atoms with E-state index in [1.807, 2.05) is 23.1 Å². The summed E-state index contributed by atoms with van der Waals surface area (Å²) in [6.07, 6.45) is 1.48. The first kappa shape index (κ1) is 11.9. The number of para-hydroxylation sites is 1. The Morgan fingerprint density at radius 3 is 2.89 bits per heavy atom. The Balaban J connectivity index is 1.93. The molecule has 92 valence electrons. The third-order valence-corrected chi connectivity index (χ3v) is 4.81. The van der Waals surface area contributed by atoms with Crippen molar-refractivity contribution in [1.82, 2.24) is 0 Å². The highest BCUT2D eigenvalue weighted by atomic mass is 79.9. The largest absolute Gasteiger partial charge is 0.307 e. The Kier molecular flexibility index (Phi) is 3.22. The van der Waals surface area contributed by atoms with E-state index >= 15 is 0 Å². The van der Waals surface area contributed by atoms with E-state index in [2.05, 4.69) is 33.4 Å². The van der Waals surface area contributed by atoms with Crippen molar-refractivity contribution >= 4 is 38.9 Å². The van der Waals surface area contributed by atoms with Crippen molar-refractivity contribution < 1.29 is 4.79 Å². The van der Waals surface area contributed by atoms with Crippen LogP contribution in [0, 0.1) is 0 Å². The molecular formula is C14H12BrNOS. The molecule has 0 atom stereocenters. The summed E-state index contributed by atoms with van der Waals surface area (Å²) < 4.78 is 1.08. The van der Waals surface area contributed by atoms with Crippen molar-refractivity contribution in [3.63, 3.8) is 0 Å². The van der Waals surface area contributed by atoms with Gasteiger partial charge in [0.15, 0.2) is 0 Å². The van der Waals surface area contributed by atoms with Gasteiger partial charge in [0.05, 0.1) is 6.54 Å². The molecule has 0 unspecified atom stereocenters. The standard InChI is InChI=1S/C14H12BrNOS/c15-11-7-12(18-9-11)8-16-13-4-2-1-3-10(13)5-6-14(16)17/h1-4,7,9H,5-6,8H2. The van der Waals surface area contributed by atoms with E-state index in [4.69, 9.17) is 0 Å². The molecule has 0 spiro atoms. The van der Waals surface area contributed by atoms with Gasteiger partial charge in [0.25, 0.3) is 0 Å². The van der Waals surface area contributed by atoms with Gasteiger partial charge in [0.1, 0.15) is 0 Å². The molecule has 0 aliphatic carbocycles. The van der Waals surface area contributed by atoms with Crippen LogP contribution < -0.4 is 4.90 Å². The average molecular weight is 322 g/mol. The zero-order valence-corrected chi connectivity index (χ0v) is 12.1.